The quantitative estimate of drug-likeness (QED) is 0.778. The maximum absolute atomic E-state index is 10.9. The number of benzene rings is 1. The van der Waals surface area contributed by atoms with Gasteiger partial charge in [-0.3, -0.25) is 0 Å². The Kier molecular flexibility index (Phi) is 3.59. The summed E-state index contributed by atoms with van der Waals surface area (Å²) < 4.78 is 10.9. The Morgan fingerprint density at radius 1 is 1.31 bits per heavy atom. The fourth-order valence-electron chi connectivity index (χ4n) is 1.09. The van der Waals surface area contributed by atoms with Crippen molar-refractivity contribution in [1.82, 2.24) is 4.90 Å². The predicted molar refractivity (Wildman–Crippen MR) is 54.4 cm³/mol. The highest BCUT2D eigenvalue weighted by Crippen LogP contribution is 2.07. The highest BCUT2D eigenvalue weighted by Gasteiger charge is 1.98. The molecule has 1 rings (SSSR count). The molecule has 0 saturated heterocycles. The average Bonchev–Trinajstić information content (AvgIpc) is 2.04. The first-order chi connectivity index (χ1) is 6.09. The van der Waals surface area contributed by atoms with E-state index in [-0.39, 0.29) is 0 Å². The summed E-state index contributed by atoms with van der Waals surface area (Å²) >= 11 is 0. The van der Waals surface area contributed by atoms with Gasteiger partial charge in [-0.25, -0.2) is 9.35 Å². The summed E-state index contributed by atoms with van der Waals surface area (Å²) in [6, 6.07) is 7.49. The van der Waals surface area contributed by atoms with Crippen LogP contribution in [0.15, 0.2) is 29.2 Å². The van der Waals surface area contributed by atoms with E-state index in [1.54, 1.807) is 12.1 Å². The second kappa shape index (κ2) is 4.50. The van der Waals surface area contributed by atoms with Crippen molar-refractivity contribution in [1.29, 1.82) is 0 Å². The molecule has 1 unspecified atom stereocenters. The lowest BCUT2D eigenvalue weighted by Gasteiger charge is -2.09. The first-order valence-electron chi connectivity index (χ1n) is 3.99. The van der Waals surface area contributed by atoms with Gasteiger partial charge in [-0.05, 0) is 31.8 Å². The molecule has 0 aromatic heterocycles. The molecule has 4 heteroatoms. The monoisotopic (exact) mass is 198 g/mol. The van der Waals surface area contributed by atoms with Crippen LogP contribution >= 0.6 is 0 Å². The largest absolute Gasteiger partial charge is 0.305 e. The van der Waals surface area contributed by atoms with Gasteiger partial charge in [0.05, 0.1) is 4.90 Å². The van der Waals surface area contributed by atoms with Crippen molar-refractivity contribution in [2.24, 2.45) is 5.14 Å². The second-order valence-electron chi connectivity index (χ2n) is 3.18. The zero-order chi connectivity index (χ0) is 9.84. The van der Waals surface area contributed by atoms with E-state index in [4.69, 9.17) is 5.14 Å². The maximum atomic E-state index is 10.9. The molecule has 0 aliphatic rings. The van der Waals surface area contributed by atoms with Gasteiger partial charge in [-0.2, -0.15) is 0 Å². The maximum Gasteiger partial charge on any atom is 0.122 e. The molecule has 0 aliphatic carbocycles. The number of nitrogens with two attached hydrogens (primary N) is 1. The van der Waals surface area contributed by atoms with Crippen molar-refractivity contribution >= 4 is 11.0 Å². The molecule has 0 amide bonds. The molecule has 0 spiro atoms. The number of hydrogen-bond donors (Lipinski definition) is 1. The zero-order valence-electron chi connectivity index (χ0n) is 7.86. The molecule has 0 heterocycles. The van der Waals surface area contributed by atoms with Gasteiger partial charge in [0.25, 0.3) is 0 Å². The molecule has 0 saturated carbocycles. The van der Waals surface area contributed by atoms with Gasteiger partial charge in [0, 0.05) is 6.54 Å². The Labute approximate surface area is 81.1 Å². The van der Waals surface area contributed by atoms with Crippen molar-refractivity contribution < 1.29 is 4.21 Å². The minimum Gasteiger partial charge on any atom is -0.305 e. The lowest BCUT2D eigenvalue weighted by molar-refractivity contribution is 0.402. The molecule has 1 atom stereocenters. The van der Waals surface area contributed by atoms with Gasteiger partial charge >= 0.3 is 0 Å². The van der Waals surface area contributed by atoms with Gasteiger partial charge < -0.3 is 4.90 Å². The highest BCUT2D eigenvalue weighted by molar-refractivity contribution is 7.82. The molecule has 0 aliphatic heterocycles. The van der Waals surface area contributed by atoms with Crippen LogP contribution in [0.1, 0.15) is 5.56 Å². The molecule has 2 N–H and O–H groups in total. The number of nitrogens with zero attached hydrogens (tertiary/aromatic N) is 1. The fourth-order valence-corrected chi connectivity index (χ4v) is 1.50. The van der Waals surface area contributed by atoms with Crippen molar-refractivity contribution in [3.63, 3.8) is 0 Å². The number of hydrogen-bond acceptors (Lipinski definition) is 2. The third-order valence-corrected chi connectivity index (χ3v) is 2.39. The van der Waals surface area contributed by atoms with Crippen LogP contribution in [-0.2, 0) is 17.5 Å². The minimum atomic E-state index is -1.36. The normalized spacial score (nSPS) is 13.2. The van der Waals surface area contributed by atoms with Crippen molar-refractivity contribution in [2.45, 2.75) is 11.4 Å². The summed E-state index contributed by atoms with van der Waals surface area (Å²) in [5, 5.41) is 5.23. The van der Waals surface area contributed by atoms with Gasteiger partial charge in [-0.15, -0.1) is 0 Å². The summed E-state index contributed by atoms with van der Waals surface area (Å²) in [6.07, 6.45) is 0. The Bertz CT molecular complexity index is 295. The highest BCUT2D eigenvalue weighted by atomic mass is 32.2. The van der Waals surface area contributed by atoms with Crippen LogP contribution in [0.5, 0.6) is 0 Å². The van der Waals surface area contributed by atoms with Gasteiger partial charge in [0.15, 0.2) is 0 Å². The third-order valence-electron chi connectivity index (χ3n) is 1.65. The van der Waals surface area contributed by atoms with Gasteiger partial charge in [0.2, 0.25) is 0 Å². The van der Waals surface area contributed by atoms with E-state index in [1.807, 2.05) is 26.2 Å². The van der Waals surface area contributed by atoms with Gasteiger partial charge in [0.1, 0.15) is 11.0 Å². The molecule has 13 heavy (non-hydrogen) atoms. The molecular formula is C9H14N2OS. The van der Waals surface area contributed by atoms with E-state index >= 15 is 0 Å². The SMILES string of the molecule is CN(C)Cc1ccc(S(N)=O)cc1. The van der Waals surface area contributed by atoms with Gasteiger partial charge in [-0.1, -0.05) is 12.1 Å². The third kappa shape index (κ3) is 3.26. The molecule has 1 aromatic rings. The number of rotatable bonds is 3. The standard InChI is InChI=1S/C9H14N2OS/c1-11(2)7-8-3-5-9(6-4-8)13(10)12/h3-6H,7,10H2,1-2H3. The first-order valence-corrected chi connectivity index (χ1v) is 5.21. The fraction of sp³-hybridized carbons (Fsp3) is 0.333. The Morgan fingerprint density at radius 3 is 2.23 bits per heavy atom. The van der Waals surface area contributed by atoms with Crippen LogP contribution in [0.4, 0.5) is 0 Å². The minimum absolute atomic E-state index is 0.669. The molecule has 3 nitrogen and oxygen atoms in total. The summed E-state index contributed by atoms with van der Waals surface area (Å²) in [7, 11) is 2.65. The lowest BCUT2D eigenvalue weighted by atomic mass is 10.2. The molecule has 72 valence electrons. The molecule has 1 aromatic carbocycles. The van der Waals surface area contributed by atoms with Crippen LogP contribution in [0, 0.1) is 0 Å². The smallest absolute Gasteiger partial charge is 0.122 e. The van der Waals surface area contributed by atoms with Crippen LogP contribution in [0.25, 0.3) is 0 Å². The topological polar surface area (TPSA) is 46.3 Å². The Morgan fingerprint density at radius 2 is 1.85 bits per heavy atom. The molecule has 0 fully saturated rings. The molecule has 0 radical (unpaired) electrons. The van der Waals surface area contributed by atoms with Crippen molar-refractivity contribution in [3.05, 3.63) is 29.8 Å². The van der Waals surface area contributed by atoms with E-state index in [9.17, 15) is 4.21 Å². The summed E-state index contributed by atoms with van der Waals surface area (Å²) in [6.45, 7) is 0.886. The average molecular weight is 198 g/mol. The summed E-state index contributed by atoms with van der Waals surface area (Å²) in [5.41, 5.74) is 1.19. The van der Waals surface area contributed by atoms with E-state index in [2.05, 4.69) is 4.90 Å². The zero-order valence-corrected chi connectivity index (χ0v) is 8.67. The van der Waals surface area contributed by atoms with E-state index < -0.39 is 11.0 Å². The Balaban J connectivity index is 2.75. The van der Waals surface area contributed by atoms with Crippen LogP contribution in [-0.4, -0.2) is 23.2 Å². The summed E-state index contributed by atoms with van der Waals surface area (Å²) in [4.78, 5) is 2.75. The Hall–Kier alpha value is -0.710. The van der Waals surface area contributed by atoms with E-state index in [0.29, 0.717) is 4.90 Å². The molecular weight excluding hydrogens is 184 g/mol. The van der Waals surface area contributed by atoms with Crippen LogP contribution < -0.4 is 5.14 Å². The van der Waals surface area contributed by atoms with Crippen LogP contribution in [0.2, 0.25) is 0 Å². The van der Waals surface area contributed by atoms with E-state index in [1.165, 1.54) is 5.56 Å². The van der Waals surface area contributed by atoms with E-state index in [0.717, 1.165) is 6.54 Å². The second-order valence-corrected chi connectivity index (χ2v) is 4.25. The lowest BCUT2D eigenvalue weighted by Crippen LogP contribution is -2.10. The van der Waals surface area contributed by atoms with Crippen molar-refractivity contribution in [2.75, 3.05) is 14.1 Å². The summed E-state index contributed by atoms with van der Waals surface area (Å²) in [5.74, 6) is 0. The first kappa shape index (κ1) is 10.4. The van der Waals surface area contributed by atoms with Crippen LogP contribution in [0.3, 0.4) is 0 Å². The predicted octanol–water partition coefficient (Wildman–Crippen LogP) is 0.729. The van der Waals surface area contributed by atoms with Crippen molar-refractivity contribution in [3.8, 4) is 0 Å². The molecule has 0 bridgehead atoms.